The summed E-state index contributed by atoms with van der Waals surface area (Å²) in [7, 11) is 1.62. The van der Waals surface area contributed by atoms with Gasteiger partial charge in [-0.05, 0) is 111 Å². The molecule has 1 aliphatic heterocycles. The Balaban J connectivity index is 1.31. The molecule has 1 aliphatic rings. The van der Waals surface area contributed by atoms with Crippen LogP contribution in [-0.2, 0) is 11.2 Å². The van der Waals surface area contributed by atoms with Gasteiger partial charge in [-0.15, -0.1) is 0 Å². The molecule has 3 atom stereocenters. The number of unbranched alkanes of at least 4 members (excludes halogenated alkanes) is 1. The van der Waals surface area contributed by atoms with Gasteiger partial charge in [0.15, 0.2) is 0 Å². The number of ether oxygens (including phenoxy) is 1. The molecule has 37 heavy (non-hydrogen) atoms. The summed E-state index contributed by atoms with van der Waals surface area (Å²) >= 11 is 0. The van der Waals surface area contributed by atoms with Gasteiger partial charge >= 0.3 is 5.97 Å². The van der Waals surface area contributed by atoms with E-state index in [9.17, 15) is 19.4 Å². The number of nitrogens with zero attached hydrogens (tertiary/aromatic N) is 2. The van der Waals surface area contributed by atoms with Crippen LogP contribution in [0, 0.1) is 17.7 Å². The van der Waals surface area contributed by atoms with Crippen molar-refractivity contribution in [3.8, 4) is 5.75 Å². The Bertz CT molecular complexity index is 1190. The van der Waals surface area contributed by atoms with Crippen LogP contribution in [0.2, 0.25) is 0 Å². The number of aliphatic carboxylic acids is 1. The molecule has 1 fully saturated rings. The van der Waals surface area contributed by atoms with E-state index in [1.807, 2.05) is 30.3 Å². The molecule has 3 aromatic rings. The lowest BCUT2D eigenvalue weighted by Gasteiger charge is -2.38. The van der Waals surface area contributed by atoms with Crippen molar-refractivity contribution < 1.29 is 24.1 Å². The number of carboxylic acids is 1. The first-order valence-corrected chi connectivity index (χ1v) is 13.2. The molecule has 7 heteroatoms. The van der Waals surface area contributed by atoms with Crippen molar-refractivity contribution in [2.75, 3.05) is 26.7 Å². The van der Waals surface area contributed by atoms with Gasteiger partial charge in [0.25, 0.3) is 0 Å². The SMILES string of the molecule is COc1ccc2nccc([C@H](O)CC[C@@H]3CCN(CCCCc4cccc(F)c4)C[C@@H]3CC(=O)O)c2c1. The number of aryl methyl sites for hydroxylation is 1. The molecule has 2 heterocycles. The molecular weight excluding hydrogens is 471 g/mol. The van der Waals surface area contributed by atoms with Crippen LogP contribution in [0.1, 0.15) is 55.8 Å². The number of pyridine rings is 1. The fraction of sp³-hybridized carbons (Fsp3) is 0.467. The number of carboxylic acid groups (broad SMARTS) is 1. The van der Waals surface area contributed by atoms with E-state index in [1.54, 1.807) is 25.4 Å². The van der Waals surface area contributed by atoms with E-state index >= 15 is 0 Å². The molecule has 6 nitrogen and oxygen atoms in total. The van der Waals surface area contributed by atoms with Crippen molar-refractivity contribution in [2.24, 2.45) is 11.8 Å². The highest BCUT2D eigenvalue weighted by molar-refractivity contribution is 5.83. The molecule has 2 N–H and O–H groups in total. The summed E-state index contributed by atoms with van der Waals surface area (Å²) in [5.74, 6) is 0.0837. The molecule has 0 bridgehead atoms. The van der Waals surface area contributed by atoms with Gasteiger partial charge in [-0.1, -0.05) is 12.1 Å². The minimum Gasteiger partial charge on any atom is -0.497 e. The van der Waals surface area contributed by atoms with Crippen molar-refractivity contribution in [3.63, 3.8) is 0 Å². The Kier molecular flexibility index (Phi) is 9.47. The van der Waals surface area contributed by atoms with Crippen LogP contribution >= 0.6 is 0 Å². The lowest BCUT2D eigenvalue weighted by molar-refractivity contribution is -0.139. The molecule has 0 aliphatic carbocycles. The summed E-state index contributed by atoms with van der Waals surface area (Å²) < 4.78 is 18.7. The van der Waals surface area contributed by atoms with Gasteiger partial charge in [-0.3, -0.25) is 9.78 Å². The van der Waals surface area contributed by atoms with Gasteiger partial charge < -0.3 is 19.8 Å². The van der Waals surface area contributed by atoms with E-state index in [2.05, 4.69) is 9.88 Å². The van der Waals surface area contributed by atoms with Crippen molar-refractivity contribution in [2.45, 2.75) is 51.0 Å². The van der Waals surface area contributed by atoms with E-state index in [4.69, 9.17) is 4.74 Å². The van der Waals surface area contributed by atoms with Crippen LogP contribution in [0.3, 0.4) is 0 Å². The van der Waals surface area contributed by atoms with Crippen molar-refractivity contribution in [1.82, 2.24) is 9.88 Å². The maximum absolute atomic E-state index is 13.4. The zero-order valence-corrected chi connectivity index (χ0v) is 21.5. The third kappa shape index (κ3) is 7.49. The van der Waals surface area contributed by atoms with Crippen molar-refractivity contribution in [3.05, 3.63) is 71.7 Å². The highest BCUT2D eigenvalue weighted by Crippen LogP contribution is 2.35. The topological polar surface area (TPSA) is 82.9 Å². The maximum atomic E-state index is 13.4. The standard InChI is InChI=1S/C30H37FN2O4/c1-37-25-9-10-28-27(19-25)26(12-14-32-28)29(34)11-8-22-13-16-33(20-23(22)18-30(35)36)15-3-2-5-21-6-4-7-24(31)17-21/h4,6-7,9-10,12,14,17,19,22-23,29,34H,2-3,5,8,11,13,15-16,18,20H2,1H3,(H,35,36)/t22-,23+,29-/m1/s1. The molecule has 4 rings (SSSR count). The molecule has 0 unspecified atom stereocenters. The van der Waals surface area contributed by atoms with Gasteiger partial charge in [0.05, 0.1) is 18.7 Å². The minimum atomic E-state index is -0.768. The number of aromatic nitrogens is 1. The number of aliphatic hydroxyl groups is 1. The number of carbonyl (C=O) groups is 1. The van der Waals surface area contributed by atoms with Gasteiger partial charge in [-0.2, -0.15) is 0 Å². The van der Waals surface area contributed by atoms with E-state index in [0.717, 1.165) is 79.5 Å². The number of rotatable bonds is 12. The fourth-order valence-electron chi connectivity index (χ4n) is 5.64. The van der Waals surface area contributed by atoms with Gasteiger partial charge in [0.2, 0.25) is 0 Å². The smallest absolute Gasteiger partial charge is 0.303 e. The third-order valence-electron chi connectivity index (χ3n) is 7.64. The predicted molar refractivity (Wildman–Crippen MR) is 142 cm³/mol. The Morgan fingerprint density at radius 1 is 1.19 bits per heavy atom. The van der Waals surface area contributed by atoms with E-state index in [0.29, 0.717) is 6.42 Å². The monoisotopic (exact) mass is 508 g/mol. The largest absolute Gasteiger partial charge is 0.497 e. The number of likely N-dealkylation sites (tertiary alicyclic amines) is 1. The van der Waals surface area contributed by atoms with E-state index < -0.39 is 12.1 Å². The molecule has 0 amide bonds. The Morgan fingerprint density at radius 3 is 2.84 bits per heavy atom. The van der Waals surface area contributed by atoms with Gasteiger partial charge in [-0.25, -0.2) is 4.39 Å². The number of hydrogen-bond acceptors (Lipinski definition) is 5. The maximum Gasteiger partial charge on any atom is 0.303 e. The van der Waals surface area contributed by atoms with Crippen LogP contribution in [-0.4, -0.2) is 52.8 Å². The van der Waals surface area contributed by atoms with E-state index in [-0.39, 0.29) is 24.1 Å². The minimum absolute atomic E-state index is 0.0657. The summed E-state index contributed by atoms with van der Waals surface area (Å²) in [6.07, 6.45) is 6.32. The van der Waals surface area contributed by atoms with Crippen molar-refractivity contribution >= 4 is 16.9 Å². The average molecular weight is 509 g/mol. The number of benzene rings is 2. The zero-order valence-electron chi connectivity index (χ0n) is 21.5. The molecule has 0 spiro atoms. The van der Waals surface area contributed by atoms with Crippen molar-refractivity contribution in [1.29, 1.82) is 0 Å². The third-order valence-corrected chi connectivity index (χ3v) is 7.64. The Hall–Kier alpha value is -3.03. The Morgan fingerprint density at radius 2 is 2.05 bits per heavy atom. The number of hydrogen-bond donors (Lipinski definition) is 2. The summed E-state index contributed by atoms with van der Waals surface area (Å²) in [4.78, 5) is 18.4. The highest BCUT2D eigenvalue weighted by atomic mass is 19.1. The zero-order chi connectivity index (χ0) is 26.2. The first-order valence-electron chi connectivity index (χ1n) is 13.2. The second-order valence-electron chi connectivity index (χ2n) is 10.2. The first-order chi connectivity index (χ1) is 17.9. The Labute approximate surface area is 218 Å². The summed E-state index contributed by atoms with van der Waals surface area (Å²) in [6, 6.07) is 14.3. The first kappa shape index (κ1) is 27.0. The second-order valence-corrected chi connectivity index (χ2v) is 10.2. The summed E-state index contributed by atoms with van der Waals surface area (Å²) in [5, 5.41) is 21.5. The van der Waals surface area contributed by atoms with Crippen LogP contribution in [0.4, 0.5) is 4.39 Å². The van der Waals surface area contributed by atoms with Crippen LogP contribution in [0.5, 0.6) is 5.75 Å². The fourth-order valence-corrected chi connectivity index (χ4v) is 5.64. The molecule has 198 valence electrons. The van der Waals surface area contributed by atoms with Gasteiger partial charge in [0, 0.05) is 24.5 Å². The van der Waals surface area contributed by atoms with Crippen LogP contribution in [0.15, 0.2) is 54.7 Å². The molecule has 1 saturated heterocycles. The molecule has 0 radical (unpaired) electrons. The number of halogens is 1. The van der Waals surface area contributed by atoms with Crippen LogP contribution in [0.25, 0.3) is 10.9 Å². The lowest BCUT2D eigenvalue weighted by atomic mass is 9.79. The van der Waals surface area contributed by atoms with Gasteiger partial charge in [0.1, 0.15) is 11.6 Å². The molecule has 2 aromatic carbocycles. The summed E-state index contributed by atoms with van der Waals surface area (Å²) in [5.41, 5.74) is 2.66. The number of aliphatic hydroxyl groups excluding tert-OH is 1. The second kappa shape index (κ2) is 13.0. The predicted octanol–water partition coefficient (Wildman–Crippen LogP) is 5.63. The molecule has 1 aromatic heterocycles. The lowest BCUT2D eigenvalue weighted by Crippen LogP contribution is -2.41. The number of methoxy groups -OCH3 is 1. The quantitative estimate of drug-likeness (QED) is 0.309. The summed E-state index contributed by atoms with van der Waals surface area (Å²) in [6.45, 7) is 2.63. The normalized spacial score (nSPS) is 19.1. The molecule has 0 saturated carbocycles. The van der Waals surface area contributed by atoms with E-state index in [1.165, 1.54) is 6.07 Å². The highest BCUT2D eigenvalue weighted by Gasteiger charge is 2.31. The number of piperidine rings is 1. The van der Waals surface area contributed by atoms with Crippen LogP contribution < -0.4 is 4.74 Å². The number of fused-ring (bicyclic) bond motifs is 1. The average Bonchev–Trinajstić information content (AvgIpc) is 2.89. The molecular formula is C30H37FN2O4.